The summed E-state index contributed by atoms with van der Waals surface area (Å²) in [5.74, 6) is 2.11. The maximum absolute atomic E-state index is 12.5. The first-order valence-electron chi connectivity index (χ1n) is 7.87. The number of rotatable bonds is 9. The van der Waals surface area contributed by atoms with Crippen molar-refractivity contribution < 1.29 is 28.5 Å². The minimum absolute atomic E-state index is 0.0949. The quantitative estimate of drug-likeness (QED) is 0.388. The van der Waals surface area contributed by atoms with Gasteiger partial charge in [0, 0.05) is 24.3 Å². The lowest BCUT2D eigenvalue weighted by molar-refractivity contribution is 0.0508. The second-order valence-corrected chi connectivity index (χ2v) is 5.22. The number of hydrogen-bond donors (Lipinski definition) is 0. The summed E-state index contributed by atoms with van der Waals surface area (Å²) in [5, 5.41) is 0. The Balaban J connectivity index is 2.24. The van der Waals surface area contributed by atoms with E-state index in [9.17, 15) is 4.79 Å². The number of benzene rings is 2. The molecule has 0 aliphatic heterocycles. The highest BCUT2D eigenvalue weighted by Gasteiger charge is 2.09. The van der Waals surface area contributed by atoms with Gasteiger partial charge in [-0.1, -0.05) is 0 Å². The average molecular weight is 358 g/mol. The Morgan fingerprint density at radius 2 is 1.65 bits per heavy atom. The number of ketones is 1. The van der Waals surface area contributed by atoms with Gasteiger partial charge >= 0.3 is 0 Å². The van der Waals surface area contributed by atoms with E-state index in [-0.39, 0.29) is 12.6 Å². The van der Waals surface area contributed by atoms with Crippen molar-refractivity contribution in [3.63, 3.8) is 0 Å². The highest BCUT2D eigenvalue weighted by molar-refractivity contribution is 6.07. The van der Waals surface area contributed by atoms with Crippen molar-refractivity contribution in [2.45, 2.75) is 0 Å². The van der Waals surface area contributed by atoms with Crippen molar-refractivity contribution in [3.8, 4) is 23.0 Å². The molecule has 0 saturated heterocycles. The van der Waals surface area contributed by atoms with Crippen LogP contribution in [0.15, 0.2) is 42.5 Å². The first-order valence-corrected chi connectivity index (χ1v) is 7.87. The van der Waals surface area contributed by atoms with Crippen molar-refractivity contribution in [2.75, 3.05) is 35.2 Å². The van der Waals surface area contributed by atoms with Gasteiger partial charge in [0.1, 0.15) is 11.5 Å². The second kappa shape index (κ2) is 9.48. The molecule has 0 fully saturated rings. The molecule has 6 nitrogen and oxygen atoms in total. The summed E-state index contributed by atoms with van der Waals surface area (Å²) in [6.45, 7) is 0.0949. The Hall–Kier alpha value is -2.99. The molecule has 0 aliphatic carbocycles. The van der Waals surface area contributed by atoms with E-state index in [0.29, 0.717) is 28.6 Å². The molecule has 0 aromatic heterocycles. The predicted octanol–water partition coefficient (Wildman–Crippen LogP) is 3.59. The molecular formula is C20H22O6. The van der Waals surface area contributed by atoms with Crippen LogP contribution in [0, 0.1) is 0 Å². The third-order valence-electron chi connectivity index (χ3n) is 3.64. The number of ether oxygens (including phenoxy) is 5. The minimum atomic E-state index is -0.167. The highest BCUT2D eigenvalue weighted by Crippen LogP contribution is 2.29. The molecule has 0 atom stereocenters. The predicted molar refractivity (Wildman–Crippen MR) is 98.4 cm³/mol. The van der Waals surface area contributed by atoms with Gasteiger partial charge in [-0.15, -0.1) is 0 Å². The molecule has 2 aromatic rings. The van der Waals surface area contributed by atoms with E-state index in [1.54, 1.807) is 50.6 Å². The summed E-state index contributed by atoms with van der Waals surface area (Å²) in [6, 6.07) is 10.4. The standard InChI is InChI=1S/C20H22O6/c1-22-13-26-19-12-16(23-2)8-5-14(19)6-9-17(21)15-7-10-18(24-3)20(11-15)25-4/h5-12H,13H2,1-4H3/b9-6+. The number of methoxy groups -OCH3 is 4. The molecule has 6 heteroatoms. The Bertz CT molecular complexity index is 782. The van der Waals surface area contributed by atoms with Crippen LogP contribution >= 0.6 is 0 Å². The fourth-order valence-electron chi connectivity index (χ4n) is 2.28. The Morgan fingerprint density at radius 3 is 2.31 bits per heavy atom. The third-order valence-corrected chi connectivity index (χ3v) is 3.64. The molecule has 0 saturated carbocycles. The maximum Gasteiger partial charge on any atom is 0.188 e. The van der Waals surface area contributed by atoms with Crippen LogP contribution in [0.1, 0.15) is 15.9 Å². The summed E-state index contributed by atoms with van der Waals surface area (Å²) in [4.78, 5) is 12.5. The molecule has 0 amide bonds. The van der Waals surface area contributed by atoms with Crippen molar-refractivity contribution in [1.82, 2.24) is 0 Å². The number of carbonyl (C=O) groups excluding carboxylic acids is 1. The van der Waals surface area contributed by atoms with Gasteiger partial charge in [0.15, 0.2) is 24.1 Å². The minimum Gasteiger partial charge on any atom is -0.497 e. The molecule has 0 aliphatic rings. The third kappa shape index (κ3) is 4.77. The largest absolute Gasteiger partial charge is 0.497 e. The molecule has 2 aromatic carbocycles. The summed E-state index contributed by atoms with van der Waals surface area (Å²) in [7, 11) is 6.19. The Morgan fingerprint density at radius 1 is 0.885 bits per heavy atom. The van der Waals surface area contributed by atoms with Crippen LogP contribution in [-0.2, 0) is 4.74 Å². The van der Waals surface area contributed by atoms with Crippen LogP contribution in [-0.4, -0.2) is 41.0 Å². The zero-order valence-corrected chi connectivity index (χ0v) is 15.3. The first-order chi connectivity index (χ1) is 12.6. The summed E-state index contributed by atoms with van der Waals surface area (Å²) >= 11 is 0. The molecule has 138 valence electrons. The molecule has 0 bridgehead atoms. The summed E-state index contributed by atoms with van der Waals surface area (Å²) in [6.07, 6.45) is 3.16. The molecule has 0 heterocycles. The molecule has 26 heavy (non-hydrogen) atoms. The Kier molecular flexibility index (Phi) is 7.05. The lowest BCUT2D eigenvalue weighted by Gasteiger charge is -2.10. The SMILES string of the molecule is COCOc1cc(OC)ccc1/C=C/C(=O)c1ccc(OC)c(OC)c1. The van der Waals surface area contributed by atoms with Crippen LogP contribution in [0.5, 0.6) is 23.0 Å². The van der Waals surface area contributed by atoms with E-state index in [4.69, 9.17) is 23.7 Å². The topological polar surface area (TPSA) is 63.2 Å². The van der Waals surface area contributed by atoms with E-state index in [1.807, 2.05) is 6.07 Å². The van der Waals surface area contributed by atoms with Crippen LogP contribution in [0.25, 0.3) is 6.08 Å². The zero-order valence-electron chi connectivity index (χ0n) is 15.3. The van der Waals surface area contributed by atoms with Crippen molar-refractivity contribution >= 4 is 11.9 Å². The van der Waals surface area contributed by atoms with Gasteiger partial charge in [-0.05, 0) is 42.5 Å². The Labute approximate surface area is 152 Å². The molecular weight excluding hydrogens is 336 g/mol. The van der Waals surface area contributed by atoms with E-state index < -0.39 is 0 Å². The van der Waals surface area contributed by atoms with Gasteiger partial charge in [0.25, 0.3) is 0 Å². The van der Waals surface area contributed by atoms with E-state index in [2.05, 4.69) is 0 Å². The second-order valence-electron chi connectivity index (χ2n) is 5.22. The maximum atomic E-state index is 12.5. The number of hydrogen-bond acceptors (Lipinski definition) is 6. The van der Waals surface area contributed by atoms with Crippen LogP contribution < -0.4 is 18.9 Å². The summed E-state index contributed by atoms with van der Waals surface area (Å²) in [5.41, 5.74) is 1.23. The lowest BCUT2D eigenvalue weighted by atomic mass is 10.1. The van der Waals surface area contributed by atoms with Gasteiger partial charge in [0.05, 0.1) is 21.3 Å². The van der Waals surface area contributed by atoms with Gasteiger partial charge in [0.2, 0.25) is 0 Å². The fourth-order valence-corrected chi connectivity index (χ4v) is 2.28. The van der Waals surface area contributed by atoms with Crippen molar-refractivity contribution in [2.24, 2.45) is 0 Å². The molecule has 0 spiro atoms. The van der Waals surface area contributed by atoms with Crippen LogP contribution in [0.2, 0.25) is 0 Å². The van der Waals surface area contributed by atoms with E-state index in [0.717, 1.165) is 5.56 Å². The number of allylic oxidation sites excluding steroid dienone is 1. The van der Waals surface area contributed by atoms with Crippen molar-refractivity contribution in [3.05, 3.63) is 53.6 Å². The molecule has 0 N–H and O–H groups in total. The molecule has 0 unspecified atom stereocenters. The molecule has 2 rings (SSSR count). The van der Waals surface area contributed by atoms with Crippen molar-refractivity contribution in [1.29, 1.82) is 0 Å². The monoisotopic (exact) mass is 358 g/mol. The fraction of sp³-hybridized carbons (Fsp3) is 0.250. The number of carbonyl (C=O) groups is 1. The normalized spacial score (nSPS) is 10.6. The van der Waals surface area contributed by atoms with E-state index >= 15 is 0 Å². The van der Waals surface area contributed by atoms with Gasteiger partial charge in [-0.2, -0.15) is 0 Å². The lowest BCUT2D eigenvalue weighted by Crippen LogP contribution is -2.01. The summed E-state index contributed by atoms with van der Waals surface area (Å²) < 4.78 is 26.1. The zero-order chi connectivity index (χ0) is 18.9. The highest BCUT2D eigenvalue weighted by atomic mass is 16.7. The van der Waals surface area contributed by atoms with E-state index in [1.165, 1.54) is 20.3 Å². The van der Waals surface area contributed by atoms with Gasteiger partial charge in [-0.25, -0.2) is 0 Å². The van der Waals surface area contributed by atoms with Crippen LogP contribution in [0.3, 0.4) is 0 Å². The van der Waals surface area contributed by atoms with Gasteiger partial charge in [-0.3, -0.25) is 4.79 Å². The van der Waals surface area contributed by atoms with Crippen LogP contribution in [0.4, 0.5) is 0 Å². The molecule has 0 radical (unpaired) electrons. The average Bonchev–Trinajstić information content (AvgIpc) is 2.69. The first kappa shape index (κ1) is 19.3. The van der Waals surface area contributed by atoms with Gasteiger partial charge < -0.3 is 23.7 Å². The smallest absolute Gasteiger partial charge is 0.188 e.